The Morgan fingerprint density at radius 3 is 2.75 bits per heavy atom. The number of hydrogen-bond acceptors (Lipinski definition) is 3. The largest absolute Gasteiger partial charge is 0.487 e. The van der Waals surface area contributed by atoms with E-state index in [0.717, 1.165) is 5.56 Å². The Morgan fingerprint density at radius 1 is 1.44 bits per heavy atom. The highest BCUT2D eigenvalue weighted by Crippen LogP contribution is 2.34. The van der Waals surface area contributed by atoms with Crippen LogP contribution in [0.4, 0.5) is 3.89 Å². The molecule has 16 heavy (non-hydrogen) atoms. The van der Waals surface area contributed by atoms with E-state index in [2.05, 4.69) is 0 Å². The lowest BCUT2D eigenvalue weighted by molar-refractivity contribution is 0.349. The predicted octanol–water partition coefficient (Wildman–Crippen LogP) is 2.68. The fourth-order valence-electron chi connectivity index (χ4n) is 1.56. The molecule has 0 bridgehead atoms. The summed E-state index contributed by atoms with van der Waals surface area (Å²) in [4.78, 5) is -0.387. The first-order chi connectivity index (χ1) is 7.38. The minimum atomic E-state index is -4.70. The molecule has 0 fully saturated rings. The van der Waals surface area contributed by atoms with Gasteiger partial charge in [0.25, 0.3) is 0 Å². The Balaban J connectivity index is 2.60. The summed E-state index contributed by atoms with van der Waals surface area (Å²) >= 11 is 5.82. The normalized spacial score (nSPS) is 15.1. The molecule has 0 N–H and O–H groups in total. The lowest BCUT2D eigenvalue weighted by Crippen LogP contribution is -2.13. The summed E-state index contributed by atoms with van der Waals surface area (Å²) in [6, 6.07) is 3.23. The molecular weight excluding hydrogens is 255 g/mol. The average molecular weight is 263 g/mol. The zero-order valence-corrected chi connectivity index (χ0v) is 9.90. The Bertz CT molecular complexity index is 578. The Morgan fingerprint density at radius 2 is 2.12 bits per heavy atom. The van der Waals surface area contributed by atoms with Crippen molar-refractivity contribution in [2.24, 2.45) is 0 Å². The molecule has 1 aromatic rings. The van der Waals surface area contributed by atoms with E-state index in [1.165, 1.54) is 12.1 Å². The van der Waals surface area contributed by atoms with Gasteiger partial charge in [0.05, 0.1) is 0 Å². The Hall–Kier alpha value is -1.07. The summed E-state index contributed by atoms with van der Waals surface area (Å²) in [5.74, 6) is 0.539. The molecule has 2 rings (SSSR count). The van der Waals surface area contributed by atoms with Crippen LogP contribution in [-0.2, 0) is 10.2 Å². The summed E-state index contributed by atoms with van der Waals surface area (Å²) in [6.07, 6.45) is 1.24. The number of hydrogen-bond donors (Lipinski definition) is 0. The van der Waals surface area contributed by atoms with Gasteiger partial charge in [0.1, 0.15) is 17.3 Å². The van der Waals surface area contributed by atoms with Crippen molar-refractivity contribution in [3.05, 3.63) is 33.2 Å². The molecule has 0 saturated heterocycles. The van der Waals surface area contributed by atoms with Crippen LogP contribution in [0.15, 0.2) is 17.0 Å². The quantitative estimate of drug-likeness (QED) is 0.731. The molecule has 1 aromatic carbocycles. The van der Waals surface area contributed by atoms with Gasteiger partial charge in [-0.15, -0.1) is 3.89 Å². The molecule has 6 heteroatoms. The van der Waals surface area contributed by atoms with Gasteiger partial charge < -0.3 is 4.74 Å². The van der Waals surface area contributed by atoms with Crippen molar-refractivity contribution in [2.75, 3.05) is 6.61 Å². The first-order valence-corrected chi connectivity index (χ1v) is 6.22. The van der Waals surface area contributed by atoms with Gasteiger partial charge in [-0.05, 0) is 30.7 Å². The van der Waals surface area contributed by atoms with Gasteiger partial charge in [-0.1, -0.05) is 11.6 Å². The van der Waals surface area contributed by atoms with Crippen LogP contribution in [0.2, 0.25) is 5.02 Å². The lowest BCUT2D eigenvalue weighted by atomic mass is 10.1. The van der Waals surface area contributed by atoms with Crippen molar-refractivity contribution >= 4 is 27.9 Å². The van der Waals surface area contributed by atoms with E-state index < -0.39 is 10.2 Å². The van der Waals surface area contributed by atoms with Crippen molar-refractivity contribution in [1.82, 2.24) is 0 Å². The summed E-state index contributed by atoms with van der Waals surface area (Å²) in [6.45, 7) is 1.50. The minimum Gasteiger partial charge on any atom is -0.487 e. The first kappa shape index (κ1) is 11.4. The van der Waals surface area contributed by atoms with Crippen molar-refractivity contribution in [3.8, 4) is 5.75 Å². The van der Waals surface area contributed by atoms with Gasteiger partial charge in [0.2, 0.25) is 0 Å². The standard InChI is InChI=1S/C10H8ClFO3S/c1-6-2-8(11)3-7-4-9(16(12,13)14)5-15-10(6)7/h2-4H,5H2,1H3. The van der Waals surface area contributed by atoms with Gasteiger partial charge in [-0.3, -0.25) is 0 Å². The number of fused-ring (bicyclic) bond motifs is 1. The smallest absolute Gasteiger partial charge is 0.331 e. The predicted molar refractivity (Wildman–Crippen MR) is 59.7 cm³/mol. The maximum atomic E-state index is 12.8. The SMILES string of the molecule is Cc1cc(Cl)cc2c1OCC(S(=O)(=O)F)=C2. The van der Waals surface area contributed by atoms with Crippen molar-refractivity contribution in [1.29, 1.82) is 0 Å². The Labute approximate surface area is 97.7 Å². The van der Waals surface area contributed by atoms with Crippen LogP contribution in [0, 0.1) is 6.92 Å². The third kappa shape index (κ3) is 2.05. The molecule has 3 nitrogen and oxygen atoms in total. The molecule has 0 radical (unpaired) electrons. The monoisotopic (exact) mass is 262 g/mol. The molecule has 0 saturated carbocycles. The van der Waals surface area contributed by atoms with Crippen LogP contribution in [0.25, 0.3) is 6.08 Å². The van der Waals surface area contributed by atoms with Crippen LogP contribution < -0.4 is 4.74 Å². The summed E-state index contributed by atoms with van der Waals surface area (Å²) in [5.41, 5.74) is 1.27. The van der Waals surface area contributed by atoms with Gasteiger partial charge in [0, 0.05) is 10.6 Å². The van der Waals surface area contributed by atoms with E-state index in [1.54, 1.807) is 13.0 Å². The van der Waals surface area contributed by atoms with E-state index in [1.807, 2.05) is 0 Å². The zero-order chi connectivity index (χ0) is 11.9. The zero-order valence-electron chi connectivity index (χ0n) is 8.33. The highest BCUT2D eigenvalue weighted by molar-refractivity contribution is 7.90. The van der Waals surface area contributed by atoms with Crippen LogP contribution in [0.3, 0.4) is 0 Å². The number of rotatable bonds is 1. The fourth-order valence-corrected chi connectivity index (χ4v) is 2.31. The van der Waals surface area contributed by atoms with E-state index in [4.69, 9.17) is 16.3 Å². The maximum absolute atomic E-state index is 12.8. The second-order valence-electron chi connectivity index (χ2n) is 3.48. The van der Waals surface area contributed by atoms with Gasteiger partial charge in [-0.2, -0.15) is 8.42 Å². The van der Waals surface area contributed by atoms with Crippen molar-refractivity contribution in [3.63, 3.8) is 0 Å². The second kappa shape index (κ2) is 3.75. The number of aryl methyl sites for hydroxylation is 1. The van der Waals surface area contributed by atoms with Crippen LogP contribution in [0.1, 0.15) is 11.1 Å². The van der Waals surface area contributed by atoms with E-state index >= 15 is 0 Å². The molecule has 0 aromatic heterocycles. The number of halogens is 2. The number of benzene rings is 1. The highest BCUT2D eigenvalue weighted by Gasteiger charge is 2.23. The van der Waals surface area contributed by atoms with E-state index in [0.29, 0.717) is 16.3 Å². The first-order valence-electron chi connectivity index (χ1n) is 4.46. The molecule has 0 atom stereocenters. The summed E-state index contributed by atoms with van der Waals surface area (Å²) < 4.78 is 39.4. The lowest BCUT2D eigenvalue weighted by Gasteiger charge is -2.18. The molecule has 0 amide bonds. The summed E-state index contributed by atoms with van der Waals surface area (Å²) in [7, 11) is -4.70. The van der Waals surface area contributed by atoms with Crippen LogP contribution >= 0.6 is 11.6 Å². The third-order valence-corrected chi connectivity index (χ3v) is 3.34. The van der Waals surface area contributed by atoms with Gasteiger partial charge >= 0.3 is 10.2 Å². The molecule has 0 spiro atoms. The van der Waals surface area contributed by atoms with Crippen LogP contribution in [0.5, 0.6) is 5.75 Å². The molecular formula is C10H8ClFO3S. The molecule has 1 aliphatic heterocycles. The second-order valence-corrected chi connectivity index (χ2v) is 5.31. The maximum Gasteiger partial charge on any atom is 0.331 e. The van der Waals surface area contributed by atoms with E-state index in [-0.39, 0.29) is 11.5 Å². The molecule has 0 aliphatic carbocycles. The highest BCUT2D eigenvalue weighted by atomic mass is 35.5. The molecule has 1 aliphatic rings. The topological polar surface area (TPSA) is 43.4 Å². The van der Waals surface area contributed by atoms with Crippen molar-refractivity contribution < 1.29 is 17.0 Å². The van der Waals surface area contributed by atoms with Gasteiger partial charge in [0.15, 0.2) is 0 Å². The van der Waals surface area contributed by atoms with Crippen molar-refractivity contribution in [2.45, 2.75) is 6.92 Å². The average Bonchev–Trinajstić information content (AvgIpc) is 2.15. The molecule has 0 unspecified atom stereocenters. The fraction of sp³-hybridized carbons (Fsp3) is 0.200. The van der Waals surface area contributed by atoms with E-state index in [9.17, 15) is 12.3 Å². The number of ether oxygens (including phenoxy) is 1. The third-order valence-electron chi connectivity index (χ3n) is 2.26. The van der Waals surface area contributed by atoms with Gasteiger partial charge in [-0.25, -0.2) is 0 Å². The summed E-state index contributed by atoms with van der Waals surface area (Å²) in [5, 5.41) is 0.452. The minimum absolute atomic E-state index is 0.283. The van der Waals surface area contributed by atoms with Crippen LogP contribution in [-0.4, -0.2) is 15.0 Å². The molecule has 86 valence electrons. The Kier molecular flexibility index (Phi) is 2.67. The molecule has 1 heterocycles.